The first kappa shape index (κ1) is 16.7. The zero-order chi connectivity index (χ0) is 18.8. The summed E-state index contributed by atoms with van der Waals surface area (Å²) in [7, 11) is 1.53. The van der Waals surface area contributed by atoms with Crippen LogP contribution in [-0.2, 0) is 0 Å². The average Bonchev–Trinajstić information content (AvgIpc) is 3.15. The van der Waals surface area contributed by atoms with Crippen LogP contribution < -0.4 is 14.2 Å². The first-order valence-electron chi connectivity index (χ1n) is 8.41. The number of aromatic nitrogens is 1. The Kier molecular flexibility index (Phi) is 4.27. The number of methoxy groups -OCH3 is 1. The molecule has 0 fully saturated rings. The van der Waals surface area contributed by atoms with Gasteiger partial charge in [-0.3, -0.25) is 4.79 Å². The van der Waals surface area contributed by atoms with Crippen LogP contribution in [0.1, 0.15) is 15.9 Å². The predicted molar refractivity (Wildman–Crippen MR) is 100 cm³/mol. The number of benzene rings is 2. The number of carbonyl (C=O) groups excluding carboxylic acids is 1. The largest absolute Gasteiger partial charge is 0.493 e. The van der Waals surface area contributed by atoms with Crippen LogP contribution in [0.25, 0.3) is 17.0 Å². The van der Waals surface area contributed by atoms with E-state index in [0.717, 1.165) is 10.9 Å². The SMILES string of the molecule is COc1cc(/C=C(\C#N)C(=O)c2c[nH]c3ccccc23)cc2c1OCCO2. The maximum Gasteiger partial charge on any atom is 0.205 e. The summed E-state index contributed by atoms with van der Waals surface area (Å²) in [6.45, 7) is 0.879. The molecule has 1 aromatic heterocycles. The van der Waals surface area contributed by atoms with Crippen LogP contribution in [0.3, 0.4) is 0 Å². The molecule has 0 saturated carbocycles. The highest BCUT2D eigenvalue weighted by Crippen LogP contribution is 2.41. The lowest BCUT2D eigenvalue weighted by Gasteiger charge is -2.21. The fraction of sp³-hybridized carbons (Fsp3) is 0.143. The minimum Gasteiger partial charge on any atom is -0.493 e. The number of nitrogens with zero attached hydrogens (tertiary/aromatic N) is 1. The number of rotatable bonds is 4. The summed E-state index contributed by atoms with van der Waals surface area (Å²) >= 11 is 0. The summed E-state index contributed by atoms with van der Waals surface area (Å²) in [5, 5.41) is 10.3. The summed E-state index contributed by atoms with van der Waals surface area (Å²) < 4.78 is 16.5. The van der Waals surface area contributed by atoms with E-state index in [1.807, 2.05) is 30.3 Å². The molecule has 0 atom stereocenters. The molecular formula is C21H16N2O4. The van der Waals surface area contributed by atoms with Crippen molar-refractivity contribution < 1.29 is 19.0 Å². The molecule has 2 heterocycles. The standard InChI is InChI=1S/C21H16N2O4/c1-25-18-9-13(10-19-21(18)27-7-6-26-19)8-14(11-22)20(24)16-12-23-17-5-3-2-4-15(16)17/h2-5,8-10,12,23H,6-7H2,1H3/b14-8+. The van der Waals surface area contributed by atoms with Gasteiger partial charge in [-0.1, -0.05) is 18.2 Å². The van der Waals surface area contributed by atoms with E-state index in [4.69, 9.17) is 14.2 Å². The van der Waals surface area contributed by atoms with Gasteiger partial charge in [0.25, 0.3) is 0 Å². The van der Waals surface area contributed by atoms with Gasteiger partial charge in [0.15, 0.2) is 11.5 Å². The van der Waals surface area contributed by atoms with Crippen LogP contribution in [0.4, 0.5) is 0 Å². The number of Topliss-reactive ketones (excluding diaryl/α,β-unsaturated/α-hetero) is 1. The van der Waals surface area contributed by atoms with Crippen LogP contribution in [0.2, 0.25) is 0 Å². The Morgan fingerprint density at radius 3 is 2.89 bits per heavy atom. The minimum atomic E-state index is -0.344. The number of ketones is 1. The molecule has 1 aliphatic rings. The molecule has 1 aliphatic heterocycles. The van der Waals surface area contributed by atoms with Gasteiger partial charge < -0.3 is 19.2 Å². The monoisotopic (exact) mass is 360 g/mol. The summed E-state index contributed by atoms with van der Waals surface area (Å²) in [4.78, 5) is 16.0. The second-order valence-electron chi connectivity index (χ2n) is 5.99. The second-order valence-corrected chi connectivity index (χ2v) is 5.99. The highest BCUT2D eigenvalue weighted by molar-refractivity contribution is 6.19. The number of carbonyl (C=O) groups is 1. The Balaban J connectivity index is 1.75. The number of H-pyrrole nitrogens is 1. The van der Waals surface area contributed by atoms with Crippen LogP contribution in [0.15, 0.2) is 48.2 Å². The van der Waals surface area contributed by atoms with Crippen molar-refractivity contribution in [3.63, 3.8) is 0 Å². The first-order valence-corrected chi connectivity index (χ1v) is 8.41. The number of hydrogen-bond acceptors (Lipinski definition) is 5. The van der Waals surface area contributed by atoms with Gasteiger partial charge in [-0.2, -0.15) is 5.26 Å². The molecule has 134 valence electrons. The number of nitrogens with one attached hydrogen (secondary N) is 1. The fourth-order valence-electron chi connectivity index (χ4n) is 3.10. The quantitative estimate of drug-likeness (QED) is 0.435. The Morgan fingerprint density at radius 1 is 1.26 bits per heavy atom. The lowest BCUT2D eigenvalue weighted by Crippen LogP contribution is -2.16. The highest BCUT2D eigenvalue weighted by atomic mass is 16.6. The van der Waals surface area contributed by atoms with E-state index < -0.39 is 0 Å². The third-order valence-electron chi connectivity index (χ3n) is 4.36. The summed E-state index contributed by atoms with van der Waals surface area (Å²) in [6.07, 6.45) is 3.16. The van der Waals surface area contributed by atoms with E-state index in [9.17, 15) is 10.1 Å². The summed E-state index contributed by atoms with van der Waals surface area (Å²) in [6, 6.07) is 12.9. The van der Waals surface area contributed by atoms with Crippen molar-refractivity contribution in [1.29, 1.82) is 5.26 Å². The van der Waals surface area contributed by atoms with Gasteiger partial charge in [0, 0.05) is 22.7 Å². The zero-order valence-electron chi connectivity index (χ0n) is 14.6. The molecule has 4 rings (SSSR count). The first-order chi connectivity index (χ1) is 13.2. The molecule has 6 heteroatoms. The third-order valence-corrected chi connectivity index (χ3v) is 4.36. The predicted octanol–water partition coefficient (Wildman–Crippen LogP) is 3.74. The normalized spacial score (nSPS) is 13.3. The maximum atomic E-state index is 12.9. The van der Waals surface area contributed by atoms with Crippen molar-refractivity contribution in [3.8, 4) is 23.3 Å². The lowest BCUT2D eigenvalue weighted by atomic mass is 10.0. The number of fused-ring (bicyclic) bond motifs is 2. The van der Waals surface area contributed by atoms with E-state index in [2.05, 4.69) is 4.98 Å². The number of ether oxygens (including phenoxy) is 3. The molecular weight excluding hydrogens is 344 g/mol. The van der Waals surface area contributed by atoms with Crippen molar-refractivity contribution >= 4 is 22.8 Å². The van der Waals surface area contributed by atoms with Crippen LogP contribution in [-0.4, -0.2) is 31.1 Å². The molecule has 0 bridgehead atoms. The Morgan fingerprint density at radius 2 is 2.07 bits per heavy atom. The van der Waals surface area contributed by atoms with E-state index in [0.29, 0.717) is 41.6 Å². The minimum absolute atomic E-state index is 0.0264. The zero-order valence-corrected chi connectivity index (χ0v) is 14.6. The molecule has 2 aromatic carbocycles. The summed E-state index contributed by atoms with van der Waals surface area (Å²) in [5.41, 5.74) is 1.96. The van der Waals surface area contributed by atoms with E-state index in [1.54, 1.807) is 18.3 Å². The van der Waals surface area contributed by atoms with Crippen molar-refractivity contribution in [2.75, 3.05) is 20.3 Å². The van der Waals surface area contributed by atoms with Gasteiger partial charge >= 0.3 is 0 Å². The molecule has 3 aromatic rings. The Labute approximate surface area is 155 Å². The van der Waals surface area contributed by atoms with E-state index in [-0.39, 0.29) is 11.4 Å². The number of hydrogen-bond donors (Lipinski definition) is 1. The number of aromatic amines is 1. The molecule has 6 nitrogen and oxygen atoms in total. The number of nitriles is 1. The van der Waals surface area contributed by atoms with Gasteiger partial charge in [0.2, 0.25) is 11.5 Å². The van der Waals surface area contributed by atoms with Gasteiger partial charge in [-0.15, -0.1) is 0 Å². The maximum absolute atomic E-state index is 12.9. The molecule has 0 spiro atoms. The highest BCUT2D eigenvalue weighted by Gasteiger charge is 2.20. The molecule has 0 amide bonds. The fourth-order valence-corrected chi connectivity index (χ4v) is 3.10. The number of allylic oxidation sites excluding steroid dienone is 1. The van der Waals surface area contributed by atoms with Gasteiger partial charge in [-0.25, -0.2) is 0 Å². The Bertz CT molecular complexity index is 1090. The van der Waals surface area contributed by atoms with Gasteiger partial charge in [-0.05, 0) is 29.8 Å². The van der Waals surface area contributed by atoms with E-state index >= 15 is 0 Å². The topological polar surface area (TPSA) is 84.3 Å². The van der Waals surface area contributed by atoms with Crippen molar-refractivity contribution in [3.05, 3.63) is 59.3 Å². The van der Waals surface area contributed by atoms with Crippen molar-refractivity contribution in [1.82, 2.24) is 4.98 Å². The van der Waals surface area contributed by atoms with Crippen LogP contribution in [0.5, 0.6) is 17.2 Å². The Hall–Kier alpha value is -3.72. The van der Waals surface area contributed by atoms with Gasteiger partial charge in [0.05, 0.1) is 7.11 Å². The summed E-state index contributed by atoms with van der Waals surface area (Å²) in [5.74, 6) is 1.21. The number of para-hydroxylation sites is 1. The third kappa shape index (κ3) is 3.00. The lowest BCUT2D eigenvalue weighted by molar-refractivity contribution is 0.104. The molecule has 1 N–H and O–H groups in total. The second kappa shape index (κ2) is 6.89. The average molecular weight is 360 g/mol. The van der Waals surface area contributed by atoms with E-state index in [1.165, 1.54) is 13.2 Å². The molecule has 0 unspecified atom stereocenters. The van der Waals surface area contributed by atoms with Crippen LogP contribution >= 0.6 is 0 Å². The smallest absolute Gasteiger partial charge is 0.205 e. The molecule has 27 heavy (non-hydrogen) atoms. The van der Waals surface area contributed by atoms with Crippen molar-refractivity contribution in [2.45, 2.75) is 0 Å². The molecule has 0 saturated heterocycles. The van der Waals surface area contributed by atoms with Gasteiger partial charge in [0.1, 0.15) is 24.9 Å². The molecule has 0 radical (unpaired) electrons. The van der Waals surface area contributed by atoms with Crippen molar-refractivity contribution in [2.24, 2.45) is 0 Å². The van der Waals surface area contributed by atoms with Crippen LogP contribution in [0, 0.1) is 11.3 Å². The molecule has 0 aliphatic carbocycles.